The van der Waals surface area contributed by atoms with Crippen molar-refractivity contribution in [3.05, 3.63) is 12.0 Å². The van der Waals surface area contributed by atoms with E-state index in [-0.39, 0.29) is 6.10 Å². The number of nitrogens with zero attached hydrogens (tertiary/aromatic N) is 4. The first-order valence-electron chi connectivity index (χ1n) is 7.55. The van der Waals surface area contributed by atoms with Crippen LogP contribution < -0.4 is 5.32 Å². The zero-order valence-corrected chi connectivity index (χ0v) is 13.6. The average molecular weight is 291 g/mol. The Hall–Kier alpha value is -1.69. The molecular weight excluding hydrogens is 266 g/mol. The van der Waals surface area contributed by atoms with Crippen molar-refractivity contribution in [2.75, 3.05) is 11.9 Å². The predicted octanol–water partition coefficient (Wildman–Crippen LogP) is 2.75. The van der Waals surface area contributed by atoms with E-state index in [1.54, 1.807) is 10.9 Å². The molecule has 21 heavy (non-hydrogen) atoms. The summed E-state index contributed by atoms with van der Waals surface area (Å²) in [6, 6.07) is 0. The lowest BCUT2D eigenvalue weighted by molar-refractivity contribution is 0.0361. The Bertz CT molecular complexity index is 593. The van der Waals surface area contributed by atoms with Crippen LogP contribution in [0.1, 0.15) is 39.9 Å². The summed E-state index contributed by atoms with van der Waals surface area (Å²) in [4.78, 5) is 9.11. The number of rotatable bonds is 7. The molecule has 0 saturated heterocycles. The summed E-state index contributed by atoms with van der Waals surface area (Å²) < 4.78 is 7.62. The predicted molar refractivity (Wildman–Crippen MR) is 84.2 cm³/mol. The van der Waals surface area contributed by atoms with Gasteiger partial charge in [0, 0.05) is 13.6 Å². The van der Waals surface area contributed by atoms with Gasteiger partial charge in [-0.1, -0.05) is 13.8 Å². The molecule has 6 nitrogen and oxygen atoms in total. The summed E-state index contributed by atoms with van der Waals surface area (Å²) in [7, 11) is 1.89. The second kappa shape index (κ2) is 6.85. The number of nitrogens with one attached hydrogen (secondary N) is 1. The van der Waals surface area contributed by atoms with Crippen molar-refractivity contribution in [1.82, 2.24) is 19.7 Å². The fourth-order valence-corrected chi connectivity index (χ4v) is 2.38. The van der Waals surface area contributed by atoms with Gasteiger partial charge < -0.3 is 10.1 Å². The van der Waals surface area contributed by atoms with Crippen LogP contribution in [-0.4, -0.2) is 32.4 Å². The van der Waals surface area contributed by atoms with Crippen LogP contribution in [0, 0.1) is 5.92 Å². The highest BCUT2D eigenvalue weighted by Crippen LogP contribution is 2.20. The van der Waals surface area contributed by atoms with Crippen molar-refractivity contribution in [2.45, 2.75) is 46.8 Å². The highest BCUT2D eigenvalue weighted by Gasteiger charge is 2.12. The Morgan fingerprint density at radius 3 is 2.71 bits per heavy atom. The van der Waals surface area contributed by atoms with E-state index < -0.39 is 0 Å². The first kappa shape index (κ1) is 15.7. The normalized spacial score (nSPS) is 13.0. The van der Waals surface area contributed by atoms with Gasteiger partial charge in [0.05, 0.1) is 17.7 Å². The highest BCUT2D eigenvalue weighted by molar-refractivity contribution is 5.86. The van der Waals surface area contributed by atoms with Crippen LogP contribution in [0.3, 0.4) is 0 Å². The van der Waals surface area contributed by atoms with Crippen molar-refractivity contribution >= 4 is 16.9 Å². The molecule has 0 aliphatic heterocycles. The first-order chi connectivity index (χ1) is 10.0. The van der Waals surface area contributed by atoms with E-state index in [0.29, 0.717) is 18.3 Å². The number of anilines is 1. The topological polar surface area (TPSA) is 64.9 Å². The smallest absolute Gasteiger partial charge is 0.163 e. The van der Waals surface area contributed by atoms with Gasteiger partial charge in [0.15, 0.2) is 11.5 Å². The van der Waals surface area contributed by atoms with Gasteiger partial charge in [-0.2, -0.15) is 5.10 Å². The van der Waals surface area contributed by atoms with Gasteiger partial charge in [-0.15, -0.1) is 0 Å². The second-order valence-electron chi connectivity index (χ2n) is 5.78. The van der Waals surface area contributed by atoms with Gasteiger partial charge in [0.1, 0.15) is 12.4 Å². The van der Waals surface area contributed by atoms with Crippen LogP contribution in [-0.2, 0) is 18.4 Å². The quantitative estimate of drug-likeness (QED) is 0.849. The van der Waals surface area contributed by atoms with Crippen LogP contribution in [0.5, 0.6) is 0 Å². The number of aromatic nitrogens is 4. The molecule has 1 N–H and O–H groups in total. The molecule has 0 radical (unpaired) electrons. The molecular formula is C15H25N5O. The third-order valence-corrected chi connectivity index (χ3v) is 3.28. The van der Waals surface area contributed by atoms with Crippen LogP contribution in [0.15, 0.2) is 6.20 Å². The SMILES string of the molecule is CCNc1nc(COC(C)CC(C)C)nc2c1cnn2C. The molecule has 2 aromatic rings. The minimum Gasteiger partial charge on any atom is -0.371 e. The van der Waals surface area contributed by atoms with E-state index in [0.717, 1.165) is 29.8 Å². The summed E-state index contributed by atoms with van der Waals surface area (Å²) in [5.41, 5.74) is 0.830. The van der Waals surface area contributed by atoms with E-state index in [2.05, 4.69) is 41.2 Å². The minimum absolute atomic E-state index is 0.207. The number of hydrogen-bond acceptors (Lipinski definition) is 5. The van der Waals surface area contributed by atoms with E-state index in [1.807, 2.05) is 14.0 Å². The fourth-order valence-electron chi connectivity index (χ4n) is 2.38. The third kappa shape index (κ3) is 3.91. The maximum atomic E-state index is 5.85. The number of aryl methyl sites for hydroxylation is 1. The van der Waals surface area contributed by atoms with Crippen molar-refractivity contribution in [3.8, 4) is 0 Å². The number of ether oxygens (including phenoxy) is 1. The zero-order chi connectivity index (χ0) is 15.4. The van der Waals surface area contributed by atoms with Gasteiger partial charge in [-0.3, -0.25) is 4.68 Å². The van der Waals surface area contributed by atoms with Gasteiger partial charge in [-0.25, -0.2) is 9.97 Å². The molecule has 0 aliphatic carbocycles. The Morgan fingerprint density at radius 1 is 1.29 bits per heavy atom. The summed E-state index contributed by atoms with van der Waals surface area (Å²) in [6.07, 6.45) is 3.03. The van der Waals surface area contributed by atoms with Crippen molar-refractivity contribution in [1.29, 1.82) is 0 Å². The zero-order valence-electron chi connectivity index (χ0n) is 13.6. The van der Waals surface area contributed by atoms with Gasteiger partial charge in [0.2, 0.25) is 0 Å². The first-order valence-corrected chi connectivity index (χ1v) is 7.55. The molecule has 6 heteroatoms. The average Bonchev–Trinajstić information content (AvgIpc) is 2.78. The Kier molecular flexibility index (Phi) is 5.12. The van der Waals surface area contributed by atoms with E-state index in [1.165, 1.54) is 0 Å². The largest absolute Gasteiger partial charge is 0.371 e. The third-order valence-electron chi connectivity index (χ3n) is 3.28. The standard InChI is InChI=1S/C15H25N5O/c1-6-16-14-12-8-17-20(5)15(12)19-13(18-14)9-21-11(4)7-10(2)3/h8,10-11H,6-7,9H2,1-5H3,(H,16,18,19). The number of fused-ring (bicyclic) bond motifs is 1. The maximum Gasteiger partial charge on any atom is 0.163 e. The Balaban J connectivity index is 2.17. The van der Waals surface area contributed by atoms with E-state index >= 15 is 0 Å². The van der Waals surface area contributed by atoms with Crippen LogP contribution >= 0.6 is 0 Å². The number of hydrogen-bond donors (Lipinski definition) is 1. The van der Waals surface area contributed by atoms with Gasteiger partial charge in [0.25, 0.3) is 0 Å². The Labute approximate surface area is 125 Å². The molecule has 1 unspecified atom stereocenters. The molecule has 2 rings (SSSR count). The molecule has 0 amide bonds. The molecule has 0 aromatic carbocycles. The molecule has 1 atom stereocenters. The Morgan fingerprint density at radius 2 is 2.05 bits per heavy atom. The molecule has 0 bridgehead atoms. The van der Waals surface area contributed by atoms with Crippen LogP contribution in [0.25, 0.3) is 11.0 Å². The molecule has 116 valence electrons. The van der Waals surface area contributed by atoms with Crippen molar-refractivity contribution < 1.29 is 4.74 Å². The van der Waals surface area contributed by atoms with Crippen LogP contribution in [0.2, 0.25) is 0 Å². The minimum atomic E-state index is 0.207. The summed E-state index contributed by atoms with van der Waals surface area (Å²) in [5.74, 6) is 2.14. The second-order valence-corrected chi connectivity index (χ2v) is 5.78. The molecule has 0 spiro atoms. The summed E-state index contributed by atoms with van der Waals surface area (Å²) in [6.45, 7) is 9.76. The lowest BCUT2D eigenvalue weighted by Gasteiger charge is -2.15. The molecule has 0 aliphatic rings. The molecule has 0 fully saturated rings. The van der Waals surface area contributed by atoms with Gasteiger partial charge in [-0.05, 0) is 26.2 Å². The van der Waals surface area contributed by atoms with Crippen molar-refractivity contribution in [3.63, 3.8) is 0 Å². The van der Waals surface area contributed by atoms with Crippen LogP contribution in [0.4, 0.5) is 5.82 Å². The maximum absolute atomic E-state index is 5.85. The molecule has 0 saturated carbocycles. The van der Waals surface area contributed by atoms with Crippen molar-refractivity contribution in [2.24, 2.45) is 13.0 Å². The fraction of sp³-hybridized carbons (Fsp3) is 0.667. The summed E-state index contributed by atoms with van der Waals surface area (Å²) >= 11 is 0. The summed E-state index contributed by atoms with van der Waals surface area (Å²) in [5, 5.41) is 8.45. The highest BCUT2D eigenvalue weighted by atomic mass is 16.5. The van der Waals surface area contributed by atoms with E-state index in [4.69, 9.17) is 4.74 Å². The lowest BCUT2D eigenvalue weighted by Crippen LogP contribution is -2.13. The lowest BCUT2D eigenvalue weighted by atomic mass is 10.1. The monoisotopic (exact) mass is 291 g/mol. The molecule has 2 heterocycles. The molecule has 2 aromatic heterocycles. The van der Waals surface area contributed by atoms with E-state index in [9.17, 15) is 0 Å². The van der Waals surface area contributed by atoms with Gasteiger partial charge >= 0.3 is 0 Å².